The van der Waals surface area contributed by atoms with Gasteiger partial charge in [-0.3, -0.25) is 9.59 Å². The van der Waals surface area contributed by atoms with Gasteiger partial charge >= 0.3 is 5.97 Å². The van der Waals surface area contributed by atoms with Crippen LogP contribution in [0.15, 0.2) is 66.7 Å². The summed E-state index contributed by atoms with van der Waals surface area (Å²) in [4.78, 5) is 41.4. The van der Waals surface area contributed by atoms with Crippen LogP contribution < -0.4 is 4.74 Å². The number of fused-ring (bicyclic) bond motifs is 2. The standard InChI is InChI=1S/C22H17NO5/c24-20(28-23-21(25)17-10-3-4-11-18(17)22(23)26)13-6-14-27-19-12-5-8-15-7-1-2-9-16(15)19/h1-5,7-12H,6,13-14H2. The van der Waals surface area contributed by atoms with Gasteiger partial charge in [0.2, 0.25) is 0 Å². The molecule has 0 aromatic heterocycles. The van der Waals surface area contributed by atoms with Gasteiger partial charge in [0.25, 0.3) is 11.8 Å². The highest BCUT2D eigenvalue weighted by atomic mass is 16.7. The molecule has 0 N–H and O–H groups in total. The summed E-state index contributed by atoms with van der Waals surface area (Å²) < 4.78 is 5.78. The molecule has 1 aliphatic rings. The van der Waals surface area contributed by atoms with Crippen molar-refractivity contribution in [3.05, 3.63) is 77.9 Å². The van der Waals surface area contributed by atoms with E-state index in [2.05, 4.69) is 0 Å². The molecule has 0 spiro atoms. The highest BCUT2D eigenvalue weighted by Gasteiger charge is 2.38. The number of carbonyl (C=O) groups is 3. The Balaban J connectivity index is 1.30. The van der Waals surface area contributed by atoms with E-state index < -0.39 is 17.8 Å². The van der Waals surface area contributed by atoms with E-state index in [0.29, 0.717) is 18.1 Å². The highest BCUT2D eigenvalue weighted by molar-refractivity contribution is 6.20. The lowest BCUT2D eigenvalue weighted by atomic mass is 10.1. The Morgan fingerprint density at radius 2 is 1.46 bits per heavy atom. The maximum atomic E-state index is 12.2. The average Bonchev–Trinajstić information content (AvgIpc) is 2.96. The third-order valence-electron chi connectivity index (χ3n) is 4.48. The minimum Gasteiger partial charge on any atom is -0.493 e. The molecule has 0 fully saturated rings. The van der Waals surface area contributed by atoms with Gasteiger partial charge in [-0.1, -0.05) is 53.6 Å². The van der Waals surface area contributed by atoms with Crippen LogP contribution in [0.2, 0.25) is 0 Å². The molecule has 0 atom stereocenters. The number of hydroxylamine groups is 2. The minimum atomic E-state index is -0.656. The zero-order chi connectivity index (χ0) is 19.5. The molecule has 140 valence electrons. The van der Waals surface area contributed by atoms with Crippen LogP contribution in [0.3, 0.4) is 0 Å². The number of carbonyl (C=O) groups excluding carboxylic acids is 3. The molecule has 2 amide bonds. The second-order valence-corrected chi connectivity index (χ2v) is 6.34. The fourth-order valence-corrected chi connectivity index (χ4v) is 3.12. The number of amides is 2. The summed E-state index contributed by atoms with van der Waals surface area (Å²) in [6.45, 7) is 0.311. The first kappa shape index (κ1) is 17.7. The van der Waals surface area contributed by atoms with Gasteiger partial charge in [0.1, 0.15) is 5.75 Å². The lowest BCUT2D eigenvalue weighted by molar-refractivity contribution is -0.168. The molecule has 0 aliphatic carbocycles. The third-order valence-corrected chi connectivity index (χ3v) is 4.48. The molecule has 1 aliphatic heterocycles. The summed E-state index contributed by atoms with van der Waals surface area (Å²) in [6, 6.07) is 20.0. The maximum Gasteiger partial charge on any atom is 0.333 e. The number of imide groups is 1. The van der Waals surface area contributed by atoms with Crippen molar-refractivity contribution in [2.24, 2.45) is 0 Å². The van der Waals surface area contributed by atoms with Crippen LogP contribution >= 0.6 is 0 Å². The number of hydrogen-bond donors (Lipinski definition) is 0. The van der Waals surface area contributed by atoms with Crippen LogP contribution in [0, 0.1) is 0 Å². The van der Waals surface area contributed by atoms with Crippen molar-refractivity contribution in [1.82, 2.24) is 5.06 Å². The molecule has 1 heterocycles. The van der Waals surface area contributed by atoms with Gasteiger partial charge in [-0.15, -0.1) is 0 Å². The van der Waals surface area contributed by atoms with Crippen LogP contribution in [0.1, 0.15) is 33.6 Å². The van der Waals surface area contributed by atoms with E-state index in [9.17, 15) is 14.4 Å². The smallest absolute Gasteiger partial charge is 0.333 e. The van der Waals surface area contributed by atoms with Crippen molar-refractivity contribution in [3.8, 4) is 5.75 Å². The SMILES string of the molecule is O=C(CCCOc1cccc2ccccc12)ON1C(=O)c2ccccc2C1=O. The first-order valence-electron chi connectivity index (χ1n) is 8.94. The largest absolute Gasteiger partial charge is 0.493 e. The molecule has 0 saturated carbocycles. The molecule has 6 nitrogen and oxygen atoms in total. The number of nitrogens with zero attached hydrogens (tertiary/aromatic N) is 1. The lowest BCUT2D eigenvalue weighted by Gasteiger charge is -2.13. The van der Waals surface area contributed by atoms with Gasteiger partial charge in [-0.25, -0.2) is 4.79 Å². The molecule has 28 heavy (non-hydrogen) atoms. The second-order valence-electron chi connectivity index (χ2n) is 6.34. The van der Waals surface area contributed by atoms with Crippen LogP contribution in [0.4, 0.5) is 0 Å². The van der Waals surface area contributed by atoms with E-state index in [-0.39, 0.29) is 17.5 Å². The Morgan fingerprint density at radius 3 is 2.21 bits per heavy atom. The zero-order valence-electron chi connectivity index (χ0n) is 15.0. The molecule has 3 aromatic rings. The summed E-state index contributed by atoms with van der Waals surface area (Å²) in [5.74, 6) is -1.16. The van der Waals surface area contributed by atoms with Crippen molar-refractivity contribution in [1.29, 1.82) is 0 Å². The van der Waals surface area contributed by atoms with Crippen molar-refractivity contribution in [3.63, 3.8) is 0 Å². The van der Waals surface area contributed by atoms with Crippen molar-refractivity contribution >= 4 is 28.6 Å². The van der Waals surface area contributed by atoms with Crippen LogP contribution in [0.25, 0.3) is 10.8 Å². The van der Waals surface area contributed by atoms with Gasteiger partial charge < -0.3 is 9.57 Å². The van der Waals surface area contributed by atoms with Crippen LogP contribution in [-0.2, 0) is 9.63 Å². The Labute approximate surface area is 161 Å². The monoisotopic (exact) mass is 375 g/mol. The lowest BCUT2D eigenvalue weighted by Crippen LogP contribution is -2.32. The quantitative estimate of drug-likeness (QED) is 0.485. The van der Waals surface area contributed by atoms with Crippen molar-refractivity contribution < 1.29 is 24.0 Å². The molecule has 0 bridgehead atoms. The Hall–Kier alpha value is -3.67. The van der Waals surface area contributed by atoms with Gasteiger partial charge in [0.05, 0.1) is 24.2 Å². The molecule has 0 radical (unpaired) electrons. The zero-order valence-corrected chi connectivity index (χ0v) is 15.0. The average molecular weight is 375 g/mol. The molecule has 4 rings (SSSR count). The van der Waals surface area contributed by atoms with Gasteiger partial charge in [0, 0.05) is 5.39 Å². The van der Waals surface area contributed by atoms with Gasteiger partial charge in [0.15, 0.2) is 0 Å². The Kier molecular flexibility index (Phi) is 4.76. The topological polar surface area (TPSA) is 72.9 Å². The van der Waals surface area contributed by atoms with E-state index in [1.54, 1.807) is 12.1 Å². The Bertz CT molecular complexity index is 1030. The van der Waals surface area contributed by atoms with Crippen LogP contribution in [0.5, 0.6) is 5.75 Å². The molecular formula is C22H17NO5. The maximum absolute atomic E-state index is 12.2. The first-order chi connectivity index (χ1) is 13.6. The number of hydrogen-bond acceptors (Lipinski definition) is 5. The highest BCUT2D eigenvalue weighted by Crippen LogP contribution is 2.25. The van der Waals surface area contributed by atoms with Crippen molar-refractivity contribution in [2.75, 3.05) is 6.61 Å². The molecule has 0 unspecified atom stereocenters. The molecule has 3 aromatic carbocycles. The number of benzene rings is 3. The van der Waals surface area contributed by atoms with E-state index in [4.69, 9.17) is 9.57 Å². The summed E-state index contributed by atoms with van der Waals surface area (Å²) in [5.41, 5.74) is 0.471. The predicted octanol–water partition coefficient (Wildman–Crippen LogP) is 3.75. The first-order valence-corrected chi connectivity index (χ1v) is 8.94. The fourth-order valence-electron chi connectivity index (χ4n) is 3.12. The summed E-state index contributed by atoms with van der Waals surface area (Å²) in [6.07, 6.45) is 0.420. The number of rotatable bonds is 6. The van der Waals surface area contributed by atoms with Gasteiger partial charge in [-0.2, -0.15) is 0 Å². The molecular weight excluding hydrogens is 358 g/mol. The summed E-state index contributed by atoms with van der Waals surface area (Å²) in [5, 5.41) is 2.60. The van der Waals surface area contributed by atoms with E-state index >= 15 is 0 Å². The Morgan fingerprint density at radius 1 is 0.821 bits per heavy atom. The molecule has 0 saturated heterocycles. The predicted molar refractivity (Wildman–Crippen MR) is 102 cm³/mol. The number of ether oxygens (including phenoxy) is 1. The van der Waals surface area contributed by atoms with E-state index in [1.807, 2.05) is 42.5 Å². The third kappa shape index (κ3) is 3.32. The second kappa shape index (κ2) is 7.52. The van der Waals surface area contributed by atoms with E-state index in [0.717, 1.165) is 16.5 Å². The summed E-state index contributed by atoms with van der Waals surface area (Å²) in [7, 11) is 0. The van der Waals surface area contributed by atoms with E-state index in [1.165, 1.54) is 12.1 Å². The minimum absolute atomic E-state index is 0.0260. The van der Waals surface area contributed by atoms with Crippen molar-refractivity contribution in [2.45, 2.75) is 12.8 Å². The molecule has 6 heteroatoms. The van der Waals surface area contributed by atoms with Gasteiger partial charge in [-0.05, 0) is 30.0 Å². The van der Waals surface area contributed by atoms with Crippen LogP contribution in [-0.4, -0.2) is 29.5 Å². The normalized spacial score (nSPS) is 12.9. The summed E-state index contributed by atoms with van der Waals surface area (Å²) >= 11 is 0. The fraction of sp³-hybridized carbons (Fsp3) is 0.136.